The first-order valence-corrected chi connectivity index (χ1v) is 18.7. The van der Waals surface area contributed by atoms with Crippen LogP contribution >= 0.6 is 19.5 Å². The second-order valence-corrected chi connectivity index (χ2v) is 15.8. The van der Waals surface area contributed by atoms with Crippen LogP contribution in [0.15, 0.2) is 140 Å². The van der Waals surface area contributed by atoms with Crippen molar-refractivity contribution in [2.24, 2.45) is 11.8 Å². The molecule has 0 amide bonds. The third-order valence-corrected chi connectivity index (χ3v) is 12.2. The van der Waals surface area contributed by atoms with Gasteiger partial charge < -0.3 is 0 Å². The van der Waals surface area contributed by atoms with Gasteiger partial charge in [0.25, 0.3) is 5.69 Å². The van der Waals surface area contributed by atoms with E-state index in [1.807, 2.05) is 68.4 Å². The number of halogens is 1. The molecule has 0 aromatic heterocycles. The van der Waals surface area contributed by atoms with Crippen molar-refractivity contribution in [2.75, 3.05) is 0 Å². The van der Waals surface area contributed by atoms with Gasteiger partial charge in [0.05, 0.1) is 4.92 Å². The first-order chi connectivity index (χ1) is 24.7. The molecule has 7 heteroatoms. The van der Waals surface area contributed by atoms with Gasteiger partial charge in [-0.15, -0.1) is 0 Å². The number of non-ortho nitro benzene ring substituents is 1. The number of Topliss-reactive ketones (excluding diaryl/α,β-unsaturated/α-hetero) is 2. The van der Waals surface area contributed by atoms with Gasteiger partial charge in [-0.3, -0.25) is 19.7 Å². The number of nitrogens with zero attached hydrogens (tertiary/aromatic N) is 1. The zero-order valence-corrected chi connectivity index (χ0v) is 29.9. The number of nitro groups is 1. The smallest absolute Gasteiger partial charge is 0.269 e. The van der Waals surface area contributed by atoms with Crippen LogP contribution in [0.5, 0.6) is 0 Å². The second-order valence-electron chi connectivity index (χ2n) is 13.1. The standard InChI is InChI=1S/C28H22NO3P.C16H13ClO/c1-19-16-21-17-25(33(23-8-4-2-5-9-23)24-10-6-3-7-11-24)18-26(27(21)28(19)30)20-12-14-22(15-13-20)29(31)32;1-10-7-12-8-13(17)9-14(15(12)16(10)18)11-5-3-2-4-6-11/h2-15,17-19H,16H2,1H3;2-6,8-10H,7H2,1H3. The van der Waals surface area contributed by atoms with Gasteiger partial charge in [0, 0.05) is 40.1 Å². The fourth-order valence-electron chi connectivity index (χ4n) is 7.16. The van der Waals surface area contributed by atoms with Crippen LogP contribution in [0.3, 0.4) is 0 Å². The third kappa shape index (κ3) is 6.93. The number of fused-ring (bicyclic) bond motifs is 2. The van der Waals surface area contributed by atoms with E-state index in [2.05, 4.69) is 60.7 Å². The maximum absolute atomic E-state index is 13.1. The molecule has 51 heavy (non-hydrogen) atoms. The molecule has 0 radical (unpaired) electrons. The van der Waals surface area contributed by atoms with E-state index in [0.29, 0.717) is 5.02 Å². The van der Waals surface area contributed by atoms with Gasteiger partial charge in [0.1, 0.15) is 0 Å². The Morgan fingerprint density at radius 2 is 1.04 bits per heavy atom. The Morgan fingerprint density at radius 1 is 0.588 bits per heavy atom. The molecular weight excluding hydrogens is 673 g/mol. The second kappa shape index (κ2) is 14.6. The van der Waals surface area contributed by atoms with E-state index >= 15 is 0 Å². The van der Waals surface area contributed by atoms with Crippen molar-refractivity contribution in [1.82, 2.24) is 0 Å². The van der Waals surface area contributed by atoms with Crippen LogP contribution in [0, 0.1) is 22.0 Å². The largest absolute Gasteiger partial charge is 0.294 e. The molecule has 6 aromatic rings. The van der Waals surface area contributed by atoms with Crippen molar-refractivity contribution in [2.45, 2.75) is 26.7 Å². The van der Waals surface area contributed by atoms with Gasteiger partial charge in [-0.2, -0.15) is 0 Å². The highest BCUT2D eigenvalue weighted by Gasteiger charge is 2.32. The number of benzene rings is 6. The highest BCUT2D eigenvalue weighted by molar-refractivity contribution is 7.79. The van der Waals surface area contributed by atoms with Crippen LogP contribution in [0.25, 0.3) is 22.3 Å². The maximum atomic E-state index is 13.1. The number of hydrogen-bond acceptors (Lipinski definition) is 4. The van der Waals surface area contributed by atoms with Gasteiger partial charge in [-0.25, -0.2) is 0 Å². The lowest BCUT2D eigenvalue weighted by molar-refractivity contribution is -0.384. The molecule has 0 spiro atoms. The summed E-state index contributed by atoms with van der Waals surface area (Å²) < 4.78 is 0. The van der Waals surface area contributed by atoms with Crippen molar-refractivity contribution in [3.8, 4) is 22.3 Å². The Labute approximate surface area is 303 Å². The summed E-state index contributed by atoms with van der Waals surface area (Å²) in [5.41, 5.74) is 7.53. The highest BCUT2D eigenvalue weighted by atomic mass is 35.5. The molecule has 252 valence electrons. The average molecular weight is 708 g/mol. The minimum atomic E-state index is -0.824. The molecule has 6 aromatic carbocycles. The summed E-state index contributed by atoms with van der Waals surface area (Å²) in [7, 11) is -0.824. The third-order valence-electron chi connectivity index (χ3n) is 9.59. The summed E-state index contributed by atoms with van der Waals surface area (Å²) in [6.45, 7) is 3.95. The normalized spacial score (nSPS) is 16.0. The van der Waals surface area contributed by atoms with Crippen LogP contribution in [0.2, 0.25) is 5.02 Å². The van der Waals surface area contributed by atoms with Gasteiger partial charge >= 0.3 is 0 Å². The van der Waals surface area contributed by atoms with Crippen molar-refractivity contribution >= 4 is 52.7 Å². The zero-order chi connectivity index (χ0) is 35.6. The fraction of sp³-hybridized carbons (Fsp3) is 0.136. The molecule has 0 bridgehead atoms. The molecule has 2 unspecified atom stereocenters. The lowest BCUT2D eigenvalue weighted by Gasteiger charge is -2.21. The van der Waals surface area contributed by atoms with Crippen molar-refractivity contribution in [3.63, 3.8) is 0 Å². The Kier molecular flexibility index (Phi) is 9.77. The quantitative estimate of drug-likeness (QED) is 0.0981. The molecule has 0 heterocycles. The summed E-state index contributed by atoms with van der Waals surface area (Å²) in [5, 5.41) is 15.5. The van der Waals surface area contributed by atoms with Crippen LogP contribution in [-0.4, -0.2) is 16.5 Å². The van der Waals surface area contributed by atoms with Crippen LogP contribution in [0.4, 0.5) is 5.69 Å². The number of ketones is 2. The van der Waals surface area contributed by atoms with E-state index in [0.717, 1.165) is 57.3 Å². The van der Waals surface area contributed by atoms with Gasteiger partial charge in [0.2, 0.25) is 0 Å². The number of nitro benzene ring substituents is 1. The minimum absolute atomic E-state index is 0.0436. The van der Waals surface area contributed by atoms with E-state index < -0.39 is 12.8 Å². The van der Waals surface area contributed by atoms with Crippen molar-refractivity contribution < 1.29 is 14.5 Å². The molecule has 0 saturated carbocycles. The van der Waals surface area contributed by atoms with Crippen molar-refractivity contribution in [3.05, 3.63) is 177 Å². The number of carbonyl (C=O) groups is 2. The summed E-state index contributed by atoms with van der Waals surface area (Å²) in [6, 6.07) is 45.5. The zero-order valence-electron chi connectivity index (χ0n) is 28.3. The molecular formula is C44H35ClNO4P. The van der Waals surface area contributed by atoms with E-state index in [9.17, 15) is 19.7 Å². The number of hydrogen-bond donors (Lipinski definition) is 0. The summed E-state index contributed by atoms with van der Waals surface area (Å²) in [6.07, 6.45) is 1.52. The molecule has 2 atom stereocenters. The molecule has 2 aliphatic rings. The summed E-state index contributed by atoms with van der Waals surface area (Å²) >= 11 is 6.16. The number of carbonyl (C=O) groups excluding carboxylic acids is 2. The van der Waals surface area contributed by atoms with E-state index in [-0.39, 0.29) is 29.1 Å². The highest BCUT2D eigenvalue weighted by Crippen LogP contribution is 2.41. The Balaban J connectivity index is 0.000000190. The van der Waals surface area contributed by atoms with E-state index in [1.54, 1.807) is 12.1 Å². The predicted octanol–water partition coefficient (Wildman–Crippen LogP) is 9.78. The maximum Gasteiger partial charge on any atom is 0.269 e. The Morgan fingerprint density at radius 3 is 1.55 bits per heavy atom. The Bertz CT molecular complexity index is 2220. The topological polar surface area (TPSA) is 77.3 Å². The minimum Gasteiger partial charge on any atom is -0.294 e. The monoisotopic (exact) mass is 707 g/mol. The van der Waals surface area contributed by atoms with E-state index in [4.69, 9.17) is 11.6 Å². The lowest BCUT2D eigenvalue weighted by Crippen LogP contribution is -2.21. The van der Waals surface area contributed by atoms with E-state index in [1.165, 1.54) is 28.0 Å². The Hall–Kier alpha value is -5.22. The average Bonchev–Trinajstić information content (AvgIpc) is 3.61. The molecule has 5 nitrogen and oxygen atoms in total. The molecule has 0 N–H and O–H groups in total. The predicted molar refractivity (Wildman–Crippen MR) is 209 cm³/mol. The molecule has 0 saturated heterocycles. The molecule has 8 rings (SSSR count). The molecule has 2 aliphatic carbocycles. The van der Waals surface area contributed by atoms with Crippen LogP contribution < -0.4 is 15.9 Å². The fourth-order valence-corrected chi connectivity index (χ4v) is 9.78. The first kappa shape index (κ1) is 34.2. The van der Waals surface area contributed by atoms with Gasteiger partial charge in [0.15, 0.2) is 11.6 Å². The number of rotatable bonds is 6. The van der Waals surface area contributed by atoms with Gasteiger partial charge in [-0.05, 0) is 106 Å². The summed E-state index contributed by atoms with van der Waals surface area (Å²) in [4.78, 5) is 36.1. The lowest BCUT2D eigenvalue weighted by atomic mass is 9.96. The van der Waals surface area contributed by atoms with Crippen LogP contribution in [-0.2, 0) is 12.8 Å². The first-order valence-electron chi connectivity index (χ1n) is 17.0. The SMILES string of the molecule is CC1Cc2cc(Cl)cc(-c3ccccc3)c2C1=O.CC1Cc2cc(P(c3ccccc3)c3ccccc3)cc(-c3ccc([N+](=O)[O-])cc3)c2C1=O. The molecule has 0 fully saturated rings. The molecule has 0 aliphatic heterocycles. The van der Waals surface area contributed by atoms with Gasteiger partial charge in [-0.1, -0.05) is 116 Å². The van der Waals surface area contributed by atoms with Crippen molar-refractivity contribution in [1.29, 1.82) is 0 Å². The van der Waals surface area contributed by atoms with Crippen LogP contribution in [0.1, 0.15) is 45.7 Å². The summed E-state index contributed by atoms with van der Waals surface area (Å²) in [5.74, 6) is 0.391.